The number of sulfone groups is 1. The van der Waals surface area contributed by atoms with Gasteiger partial charge in [0.2, 0.25) is 0 Å². The fourth-order valence-corrected chi connectivity index (χ4v) is 5.55. The molecule has 1 aromatic heterocycles. The highest BCUT2D eigenvalue weighted by molar-refractivity contribution is 7.90. The van der Waals surface area contributed by atoms with E-state index in [2.05, 4.69) is 11.0 Å². The number of fused-ring (bicyclic) bond motifs is 1. The summed E-state index contributed by atoms with van der Waals surface area (Å²) in [5.74, 6) is -0.253. The Morgan fingerprint density at radius 3 is 2.66 bits per heavy atom. The number of carbonyl (C=O) groups excluding carboxylic acids is 1. The highest BCUT2D eigenvalue weighted by Crippen LogP contribution is 2.33. The third-order valence-electron chi connectivity index (χ3n) is 5.54. The van der Waals surface area contributed by atoms with Crippen molar-refractivity contribution in [1.82, 2.24) is 9.88 Å². The molecule has 1 amide bonds. The molecule has 170 valence electrons. The monoisotopic (exact) mass is 473 g/mol. The number of hydrogen-bond acceptors (Lipinski definition) is 7. The van der Waals surface area contributed by atoms with Gasteiger partial charge in [-0.3, -0.25) is 14.6 Å². The summed E-state index contributed by atoms with van der Waals surface area (Å²) < 4.78 is 30.5. The van der Waals surface area contributed by atoms with Crippen molar-refractivity contribution in [1.29, 1.82) is 0 Å². The molecule has 0 unspecified atom stereocenters. The van der Waals surface area contributed by atoms with Gasteiger partial charge in [-0.25, -0.2) is 13.4 Å². The van der Waals surface area contributed by atoms with Crippen molar-refractivity contribution in [3.05, 3.63) is 53.1 Å². The summed E-state index contributed by atoms with van der Waals surface area (Å²) >= 11 is 1.49. The predicted octanol–water partition coefficient (Wildman–Crippen LogP) is 3.30. The normalized spacial score (nSPS) is 15.2. The Kier molecular flexibility index (Phi) is 6.62. The molecule has 2 aromatic carbocycles. The smallest absolute Gasteiger partial charge is 0.260 e. The van der Waals surface area contributed by atoms with Gasteiger partial charge >= 0.3 is 0 Å². The molecular weight excluding hydrogens is 446 g/mol. The van der Waals surface area contributed by atoms with E-state index in [1.54, 1.807) is 17.0 Å². The van der Waals surface area contributed by atoms with Crippen LogP contribution < -0.4 is 4.90 Å². The third kappa shape index (κ3) is 5.01. The van der Waals surface area contributed by atoms with Crippen molar-refractivity contribution < 1.29 is 17.9 Å². The van der Waals surface area contributed by atoms with Gasteiger partial charge in [0.25, 0.3) is 5.91 Å². The largest absolute Gasteiger partial charge is 0.379 e. The Balaban J connectivity index is 1.70. The average Bonchev–Trinajstić information content (AvgIpc) is 3.18. The van der Waals surface area contributed by atoms with E-state index in [0.717, 1.165) is 40.7 Å². The lowest BCUT2D eigenvalue weighted by atomic mass is 10.1. The zero-order valence-electron chi connectivity index (χ0n) is 18.5. The molecule has 32 heavy (non-hydrogen) atoms. The minimum absolute atomic E-state index is 0.132. The maximum Gasteiger partial charge on any atom is 0.260 e. The van der Waals surface area contributed by atoms with Crippen LogP contribution in [0.3, 0.4) is 0 Å². The Morgan fingerprint density at radius 1 is 1.19 bits per heavy atom. The molecule has 1 fully saturated rings. The van der Waals surface area contributed by atoms with Gasteiger partial charge in [0.1, 0.15) is 0 Å². The topological polar surface area (TPSA) is 79.8 Å². The minimum atomic E-state index is -3.42. The van der Waals surface area contributed by atoms with Crippen LogP contribution in [0.25, 0.3) is 10.2 Å². The minimum Gasteiger partial charge on any atom is -0.379 e. The quantitative estimate of drug-likeness (QED) is 0.547. The predicted molar refractivity (Wildman–Crippen MR) is 128 cm³/mol. The second kappa shape index (κ2) is 9.27. The van der Waals surface area contributed by atoms with Crippen molar-refractivity contribution in [3.8, 4) is 0 Å². The third-order valence-corrected chi connectivity index (χ3v) is 7.88. The van der Waals surface area contributed by atoms with E-state index in [1.165, 1.54) is 23.5 Å². The number of carbonyl (C=O) groups is 1. The first-order chi connectivity index (χ1) is 15.2. The van der Waals surface area contributed by atoms with Gasteiger partial charge in [0.15, 0.2) is 15.0 Å². The zero-order chi connectivity index (χ0) is 22.9. The van der Waals surface area contributed by atoms with Crippen LogP contribution in [0.2, 0.25) is 0 Å². The Morgan fingerprint density at radius 2 is 1.94 bits per heavy atom. The summed E-state index contributed by atoms with van der Waals surface area (Å²) in [4.78, 5) is 22.4. The number of thiazole rings is 1. The van der Waals surface area contributed by atoms with E-state index >= 15 is 0 Å². The maximum absolute atomic E-state index is 13.6. The van der Waals surface area contributed by atoms with E-state index in [4.69, 9.17) is 9.72 Å². The summed E-state index contributed by atoms with van der Waals surface area (Å²) in [6.07, 6.45) is 1.14. The molecule has 3 aromatic rings. The lowest BCUT2D eigenvalue weighted by molar-refractivity contribution is 0.0391. The van der Waals surface area contributed by atoms with E-state index < -0.39 is 9.84 Å². The molecule has 0 N–H and O–H groups in total. The average molecular weight is 474 g/mol. The molecular formula is C23H27N3O4S2. The van der Waals surface area contributed by atoms with Gasteiger partial charge < -0.3 is 4.74 Å². The molecule has 0 bridgehead atoms. The summed E-state index contributed by atoms with van der Waals surface area (Å²) in [5.41, 5.74) is 3.46. The molecule has 0 spiro atoms. The first kappa shape index (κ1) is 22.8. The second-order valence-corrected chi connectivity index (χ2v) is 11.1. The summed E-state index contributed by atoms with van der Waals surface area (Å²) in [5, 5.41) is 0.622. The number of amides is 1. The summed E-state index contributed by atoms with van der Waals surface area (Å²) in [6, 6.07) is 10.4. The van der Waals surface area contributed by atoms with Crippen LogP contribution in [0.5, 0.6) is 0 Å². The SMILES string of the molecule is Cc1cc(C)c2sc(N(CCN3CCOCC3)C(=O)c3cccc(S(C)(=O)=O)c3)nc2c1. The van der Waals surface area contributed by atoms with Gasteiger partial charge in [0.05, 0.1) is 28.3 Å². The number of ether oxygens (including phenoxy) is 1. The Hall–Kier alpha value is -2.33. The molecule has 9 heteroatoms. The first-order valence-electron chi connectivity index (χ1n) is 10.5. The van der Waals surface area contributed by atoms with Crippen molar-refractivity contribution in [2.45, 2.75) is 18.7 Å². The standard InChI is InChI=1S/C23H27N3O4S2/c1-16-13-17(2)21-20(14-16)24-23(31-21)26(8-7-25-9-11-30-12-10-25)22(27)18-5-4-6-19(15-18)32(3,28)29/h4-6,13-15H,7-12H2,1-3H3. The lowest BCUT2D eigenvalue weighted by Crippen LogP contribution is -2.43. The number of morpholine rings is 1. The van der Waals surface area contributed by atoms with E-state index in [9.17, 15) is 13.2 Å². The van der Waals surface area contributed by atoms with Crippen LogP contribution in [0.1, 0.15) is 21.5 Å². The van der Waals surface area contributed by atoms with Crippen molar-refractivity contribution >= 4 is 42.4 Å². The molecule has 1 saturated heterocycles. The molecule has 1 aliphatic rings. The molecule has 0 aliphatic carbocycles. The van der Waals surface area contributed by atoms with Crippen LogP contribution >= 0.6 is 11.3 Å². The van der Waals surface area contributed by atoms with Gasteiger partial charge in [0, 0.05) is 38.0 Å². The van der Waals surface area contributed by atoms with Crippen LogP contribution in [0.4, 0.5) is 5.13 Å². The number of nitrogens with zero attached hydrogens (tertiary/aromatic N) is 3. The number of hydrogen-bond donors (Lipinski definition) is 0. The second-order valence-electron chi connectivity index (χ2n) is 8.14. The van der Waals surface area contributed by atoms with Crippen LogP contribution in [0, 0.1) is 13.8 Å². The molecule has 0 saturated carbocycles. The first-order valence-corrected chi connectivity index (χ1v) is 13.2. The van der Waals surface area contributed by atoms with Crippen molar-refractivity contribution in [2.24, 2.45) is 0 Å². The molecule has 2 heterocycles. The molecule has 1 aliphatic heterocycles. The Labute approximate surface area is 192 Å². The number of rotatable bonds is 6. The van der Waals surface area contributed by atoms with E-state index in [0.29, 0.717) is 37.0 Å². The fraction of sp³-hybridized carbons (Fsp3) is 0.391. The molecule has 0 radical (unpaired) electrons. The zero-order valence-corrected chi connectivity index (χ0v) is 20.1. The van der Waals surface area contributed by atoms with Gasteiger partial charge in [-0.05, 0) is 49.2 Å². The van der Waals surface area contributed by atoms with Crippen molar-refractivity contribution in [2.75, 3.05) is 50.5 Å². The molecule has 0 atom stereocenters. The highest BCUT2D eigenvalue weighted by Gasteiger charge is 2.24. The number of benzene rings is 2. The molecule has 7 nitrogen and oxygen atoms in total. The fourth-order valence-electron chi connectivity index (χ4n) is 3.85. The lowest BCUT2D eigenvalue weighted by Gasteiger charge is -2.29. The van der Waals surface area contributed by atoms with Crippen LogP contribution in [-0.2, 0) is 14.6 Å². The highest BCUT2D eigenvalue weighted by atomic mass is 32.2. The van der Waals surface area contributed by atoms with Crippen molar-refractivity contribution in [3.63, 3.8) is 0 Å². The number of aryl methyl sites for hydroxylation is 2. The van der Waals surface area contributed by atoms with Gasteiger partial charge in [-0.15, -0.1) is 0 Å². The van der Waals surface area contributed by atoms with E-state index in [1.807, 2.05) is 19.9 Å². The maximum atomic E-state index is 13.6. The van der Waals surface area contributed by atoms with E-state index in [-0.39, 0.29) is 10.8 Å². The summed E-state index contributed by atoms with van der Waals surface area (Å²) in [6.45, 7) is 8.24. The number of anilines is 1. The van der Waals surface area contributed by atoms with Gasteiger partial charge in [-0.1, -0.05) is 23.5 Å². The van der Waals surface area contributed by atoms with Gasteiger partial charge in [-0.2, -0.15) is 0 Å². The van der Waals surface area contributed by atoms with Crippen LogP contribution in [0.15, 0.2) is 41.3 Å². The summed E-state index contributed by atoms with van der Waals surface area (Å²) in [7, 11) is -3.42. The Bertz CT molecular complexity index is 1250. The molecule has 4 rings (SSSR count). The number of aromatic nitrogens is 1. The van der Waals surface area contributed by atoms with Crippen LogP contribution in [-0.4, -0.2) is 69.9 Å².